The van der Waals surface area contributed by atoms with Crippen LogP contribution in [0.4, 0.5) is 13.2 Å². The maximum absolute atomic E-state index is 13.0. The van der Waals surface area contributed by atoms with Crippen molar-refractivity contribution in [2.75, 3.05) is 6.54 Å². The third-order valence-electron chi connectivity index (χ3n) is 3.73. The molecule has 2 N–H and O–H groups in total. The largest absolute Gasteiger partial charge is 0.416 e. The van der Waals surface area contributed by atoms with Crippen molar-refractivity contribution >= 4 is 11.8 Å². The van der Waals surface area contributed by atoms with Crippen LogP contribution < -0.4 is 10.6 Å². The van der Waals surface area contributed by atoms with Gasteiger partial charge in [-0.3, -0.25) is 9.59 Å². The van der Waals surface area contributed by atoms with Crippen LogP contribution in [0, 0.1) is 5.92 Å². The molecule has 4 nitrogen and oxygen atoms in total. The summed E-state index contributed by atoms with van der Waals surface area (Å²) < 4.78 is 39.1. The van der Waals surface area contributed by atoms with Gasteiger partial charge in [-0.05, 0) is 44.7 Å². The molecule has 2 unspecified atom stereocenters. The zero-order valence-electron chi connectivity index (χ0n) is 13.8. The minimum Gasteiger partial charge on any atom is -0.350 e. The quantitative estimate of drug-likeness (QED) is 0.884. The molecule has 1 aromatic carbocycles. The first-order valence-electron chi connectivity index (χ1n) is 7.74. The standard InChI is InChI=1S/C17H21F3N2O2/c1-16(2,3)22-14(23)9-21-15(24)12-8-11(12)10-6-4-5-7-13(10)17(18,19)20/h4-7,11-12H,8-9H2,1-3H3,(H,21,24)(H,22,23). The van der Waals surface area contributed by atoms with Gasteiger partial charge in [0, 0.05) is 11.5 Å². The van der Waals surface area contributed by atoms with Crippen molar-refractivity contribution in [1.29, 1.82) is 0 Å². The summed E-state index contributed by atoms with van der Waals surface area (Å²) in [4.78, 5) is 23.7. The average molecular weight is 342 g/mol. The van der Waals surface area contributed by atoms with E-state index < -0.39 is 29.1 Å². The van der Waals surface area contributed by atoms with E-state index in [0.717, 1.165) is 6.07 Å². The van der Waals surface area contributed by atoms with Gasteiger partial charge in [-0.25, -0.2) is 0 Å². The molecule has 7 heteroatoms. The van der Waals surface area contributed by atoms with Crippen molar-refractivity contribution in [3.8, 4) is 0 Å². The molecule has 0 bridgehead atoms. The van der Waals surface area contributed by atoms with Crippen LogP contribution in [-0.4, -0.2) is 23.9 Å². The van der Waals surface area contributed by atoms with Crippen molar-refractivity contribution in [1.82, 2.24) is 10.6 Å². The van der Waals surface area contributed by atoms with Gasteiger partial charge < -0.3 is 10.6 Å². The van der Waals surface area contributed by atoms with Gasteiger partial charge in [0.25, 0.3) is 0 Å². The van der Waals surface area contributed by atoms with Crippen LogP contribution in [0.5, 0.6) is 0 Å². The van der Waals surface area contributed by atoms with E-state index in [4.69, 9.17) is 0 Å². The third kappa shape index (κ3) is 4.72. The normalized spacial score (nSPS) is 20.4. The Bertz CT molecular complexity index is 635. The molecule has 2 amide bonds. The lowest BCUT2D eigenvalue weighted by atomic mass is 10.0. The fraction of sp³-hybridized carbons (Fsp3) is 0.529. The number of nitrogens with one attached hydrogen (secondary N) is 2. The Kier molecular flexibility index (Phi) is 4.92. The lowest BCUT2D eigenvalue weighted by molar-refractivity contribution is -0.138. The number of rotatable bonds is 4. The summed E-state index contributed by atoms with van der Waals surface area (Å²) in [6.07, 6.45) is -4.08. The number of hydrogen-bond acceptors (Lipinski definition) is 2. The van der Waals surface area contributed by atoms with Crippen molar-refractivity contribution in [2.45, 2.75) is 44.8 Å². The first-order chi connectivity index (χ1) is 11.0. The van der Waals surface area contributed by atoms with Crippen LogP contribution >= 0.6 is 0 Å². The molecule has 0 aromatic heterocycles. The minimum absolute atomic E-state index is 0.143. The minimum atomic E-state index is -4.44. The van der Waals surface area contributed by atoms with E-state index in [0.29, 0.717) is 6.42 Å². The lowest BCUT2D eigenvalue weighted by Crippen LogP contribution is -2.46. The van der Waals surface area contributed by atoms with Gasteiger partial charge in [-0.2, -0.15) is 13.2 Å². The molecule has 1 aliphatic carbocycles. The van der Waals surface area contributed by atoms with Gasteiger partial charge in [0.2, 0.25) is 11.8 Å². The van der Waals surface area contributed by atoms with Crippen LogP contribution in [0.2, 0.25) is 0 Å². The van der Waals surface area contributed by atoms with Crippen molar-refractivity contribution < 1.29 is 22.8 Å². The maximum atomic E-state index is 13.0. The maximum Gasteiger partial charge on any atom is 0.416 e. The van der Waals surface area contributed by atoms with Gasteiger partial charge in [0.15, 0.2) is 0 Å². The fourth-order valence-corrected chi connectivity index (χ4v) is 2.67. The predicted octanol–water partition coefficient (Wildman–Crippen LogP) is 2.84. The second-order valence-electron chi connectivity index (χ2n) is 7.05. The molecule has 0 heterocycles. The van der Waals surface area contributed by atoms with Gasteiger partial charge in [-0.1, -0.05) is 18.2 Å². The Morgan fingerprint density at radius 1 is 1.17 bits per heavy atom. The van der Waals surface area contributed by atoms with E-state index in [1.165, 1.54) is 18.2 Å². The zero-order valence-corrected chi connectivity index (χ0v) is 13.8. The third-order valence-corrected chi connectivity index (χ3v) is 3.73. The summed E-state index contributed by atoms with van der Waals surface area (Å²) in [6.45, 7) is 5.27. The van der Waals surface area contributed by atoms with Crippen LogP contribution in [0.15, 0.2) is 24.3 Å². The second-order valence-corrected chi connectivity index (χ2v) is 7.05. The molecule has 0 spiro atoms. The van der Waals surface area contributed by atoms with Crippen molar-refractivity contribution in [3.05, 3.63) is 35.4 Å². The van der Waals surface area contributed by atoms with Gasteiger partial charge in [0.1, 0.15) is 0 Å². The molecule has 2 rings (SSSR count). The van der Waals surface area contributed by atoms with E-state index in [2.05, 4.69) is 10.6 Å². The highest BCUT2D eigenvalue weighted by Crippen LogP contribution is 2.50. The summed E-state index contributed by atoms with van der Waals surface area (Å²) in [6, 6.07) is 5.31. The summed E-state index contributed by atoms with van der Waals surface area (Å²) in [5, 5.41) is 5.20. The van der Waals surface area contributed by atoms with E-state index in [9.17, 15) is 22.8 Å². The molecular weight excluding hydrogens is 321 g/mol. The van der Waals surface area contributed by atoms with E-state index in [1.807, 2.05) is 20.8 Å². The molecular formula is C17H21F3N2O2. The summed E-state index contributed by atoms with van der Waals surface area (Å²) >= 11 is 0. The Morgan fingerprint density at radius 3 is 2.38 bits per heavy atom. The average Bonchev–Trinajstić information content (AvgIpc) is 3.22. The Labute approximate surface area is 138 Å². The van der Waals surface area contributed by atoms with Crippen LogP contribution in [0.3, 0.4) is 0 Å². The molecule has 132 valence electrons. The van der Waals surface area contributed by atoms with Gasteiger partial charge in [-0.15, -0.1) is 0 Å². The van der Waals surface area contributed by atoms with Crippen molar-refractivity contribution in [3.63, 3.8) is 0 Å². The molecule has 0 saturated heterocycles. The summed E-state index contributed by atoms with van der Waals surface area (Å²) in [5.41, 5.74) is -0.963. The van der Waals surface area contributed by atoms with E-state index in [1.54, 1.807) is 0 Å². The van der Waals surface area contributed by atoms with Crippen molar-refractivity contribution in [2.24, 2.45) is 5.92 Å². The number of halogens is 3. The van der Waals surface area contributed by atoms with Crippen LogP contribution in [0.25, 0.3) is 0 Å². The number of hydrogen-bond donors (Lipinski definition) is 2. The van der Waals surface area contributed by atoms with Gasteiger partial charge >= 0.3 is 6.18 Å². The fourth-order valence-electron chi connectivity index (χ4n) is 2.67. The van der Waals surface area contributed by atoms with Crippen LogP contribution in [-0.2, 0) is 15.8 Å². The summed E-state index contributed by atoms with van der Waals surface area (Å²) in [5.74, 6) is -1.69. The molecule has 0 aliphatic heterocycles. The highest BCUT2D eigenvalue weighted by atomic mass is 19.4. The molecule has 2 atom stereocenters. The molecule has 1 fully saturated rings. The van der Waals surface area contributed by atoms with E-state index in [-0.39, 0.29) is 23.9 Å². The SMILES string of the molecule is CC(C)(C)NC(=O)CNC(=O)C1CC1c1ccccc1C(F)(F)F. The Hall–Kier alpha value is -2.05. The number of carbonyl (C=O) groups excluding carboxylic acids is 2. The first-order valence-corrected chi connectivity index (χ1v) is 7.74. The smallest absolute Gasteiger partial charge is 0.350 e. The zero-order chi connectivity index (χ0) is 18.1. The molecule has 1 aliphatic rings. The monoisotopic (exact) mass is 342 g/mol. The molecule has 1 saturated carbocycles. The highest BCUT2D eigenvalue weighted by Gasteiger charge is 2.47. The molecule has 0 radical (unpaired) electrons. The number of amides is 2. The lowest BCUT2D eigenvalue weighted by Gasteiger charge is -2.20. The highest BCUT2D eigenvalue weighted by molar-refractivity contribution is 5.88. The second kappa shape index (κ2) is 6.45. The topological polar surface area (TPSA) is 58.2 Å². The van der Waals surface area contributed by atoms with Gasteiger partial charge in [0.05, 0.1) is 12.1 Å². The predicted molar refractivity (Wildman–Crippen MR) is 83.2 cm³/mol. The number of benzene rings is 1. The number of alkyl halides is 3. The van der Waals surface area contributed by atoms with E-state index >= 15 is 0 Å². The Balaban J connectivity index is 1.94. The number of carbonyl (C=O) groups is 2. The summed E-state index contributed by atoms with van der Waals surface area (Å²) in [7, 11) is 0. The Morgan fingerprint density at radius 2 is 1.79 bits per heavy atom. The molecule has 1 aromatic rings. The van der Waals surface area contributed by atoms with Crippen LogP contribution in [0.1, 0.15) is 44.2 Å². The first kappa shape index (κ1) is 18.3. The molecule has 24 heavy (non-hydrogen) atoms.